The second-order valence-electron chi connectivity index (χ2n) is 3.16. The monoisotopic (exact) mass is 233 g/mol. The van der Waals surface area contributed by atoms with Gasteiger partial charge in [0.05, 0.1) is 17.3 Å². The number of hydrogen-bond donors (Lipinski definition) is 1. The first-order chi connectivity index (χ1) is 7.70. The highest BCUT2D eigenvalue weighted by molar-refractivity contribution is 6.31. The molecule has 6 heteroatoms. The van der Waals surface area contributed by atoms with Crippen LogP contribution in [0.1, 0.15) is 11.5 Å². The lowest BCUT2D eigenvalue weighted by Gasteiger charge is -2.05. The molecule has 2 aromatic rings. The Balaban J connectivity index is 2.34. The van der Waals surface area contributed by atoms with Gasteiger partial charge in [0, 0.05) is 12.4 Å². The van der Waals surface area contributed by atoms with Crippen LogP contribution in [-0.4, -0.2) is 14.5 Å². The maximum atomic E-state index is 8.80. The van der Waals surface area contributed by atoms with Gasteiger partial charge in [-0.2, -0.15) is 5.26 Å². The van der Waals surface area contributed by atoms with E-state index in [1.807, 2.05) is 6.07 Å². The number of nitriles is 1. The number of rotatable bonds is 2. The summed E-state index contributed by atoms with van der Waals surface area (Å²) in [6, 6.07) is 5.29. The first-order valence-electron chi connectivity index (χ1n) is 4.53. The number of imidazole rings is 1. The van der Waals surface area contributed by atoms with Gasteiger partial charge in [0.15, 0.2) is 0 Å². The zero-order valence-electron chi connectivity index (χ0n) is 8.26. The smallest absolute Gasteiger partial charge is 0.213 e. The molecule has 0 saturated heterocycles. The molecule has 80 valence electrons. The molecular formula is C10H8ClN5. The molecule has 0 saturated carbocycles. The minimum Gasteiger partial charge on any atom is -0.384 e. The molecule has 0 spiro atoms. The summed E-state index contributed by atoms with van der Waals surface area (Å²) in [5.41, 5.74) is 6.19. The predicted octanol–water partition coefficient (Wildman–Crippen LogP) is 1.43. The van der Waals surface area contributed by atoms with Gasteiger partial charge in [-0.3, -0.25) is 0 Å². The van der Waals surface area contributed by atoms with E-state index in [0.29, 0.717) is 28.9 Å². The van der Waals surface area contributed by atoms with Crippen LogP contribution in [0.3, 0.4) is 0 Å². The number of hydrogen-bond acceptors (Lipinski definition) is 4. The van der Waals surface area contributed by atoms with E-state index in [1.165, 1.54) is 0 Å². The Morgan fingerprint density at radius 2 is 2.31 bits per heavy atom. The van der Waals surface area contributed by atoms with Crippen molar-refractivity contribution in [2.45, 2.75) is 6.54 Å². The third-order valence-electron chi connectivity index (χ3n) is 2.08. The lowest BCUT2D eigenvalue weighted by molar-refractivity contribution is 0.761. The van der Waals surface area contributed by atoms with Crippen LogP contribution in [0.2, 0.25) is 5.02 Å². The molecule has 2 heterocycles. The van der Waals surface area contributed by atoms with E-state index in [-0.39, 0.29) is 0 Å². The first-order valence-corrected chi connectivity index (χ1v) is 4.90. The molecule has 16 heavy (non-hydrogen) atoms. The summed E-state index contributed by atoms with van der Waals surface area (Å²) in [5, 5.41) is 9.32. The summed E-state index contributed by atoms with van der Waals surface area (Å²) in [4.78, 5) is 7.99. The van der Waals surface area contributed by atoms with Crippen molar-refractivity contribution in [3.05, 3.63) is 41.1 Å². The number of nitrogens with two attached hydrogens (primary N) is 1. The average Bonchev–Trinajstić information content (AvgIpc) is 2.71. The lowest BCUT2D eigenvalue weighted by atomic mass is 10.3. The van der Waals surface area contributed by atoms with Crippen molar-refractivity contribution in [3.8, 4) is 6.07 Å². The highest BCUT2D eigenvalue weighted by atomic mass is 35.5. The van der Waals surface area contributed by atoms with E-state index in [1.54, 1.807) is 29.1 Å². The summed E-state index contributed by atoms with van der Waals surface area (Å²) >= 11 is 5.97. The van der Waals surface area contributed by atoms with Crippen LogP contribution >= 0.6 is 11.6 Å². The first kappa shape index (κ1) is 10.5. The number of aromatic nitrogens is 3. The van der Waals surface area contributed by atoms with Gasteiger partial charge < -0.3 is 10.3 Å². The Morgan fingerprint density at radius 1 is 1.50 bits per heavy atom. The molecule has 0 aromatic carbocycles. The van der Waals surface area contributed by atoms with E-state index < -0.39 is 0 Å². The van der Waals surface area contributed by atoms with Gasteiger partial charge in [0.2, 0.25) is 5.82 Å². The molecule has 0 radical (unpaired) electrons. The zero-order chi connectivity index (χ0) is 11.5. The van der Waals surface area contributed by atoms with E-state index in [9.17, 15) is 0 Å². The standard InChI is InChI=1S/C10H8ClN5/c11-7-1-2-9(13)15-8(7)6-16-4-3-14-10(16)5-12/h1-4H,6H2,(H2,13,15). The van der Waals surface area contributed by atoms with Crippen LogP contribution in [0.4, 0.5) is 5.82 Å². The summed E-state index contributed by atoms with van der Waals surface area (Å²) in [7, 11) is 0. The Bertz CT molecular complexity index is 555. The number of nitrogen functional groups attached to an aromatic ring is 1. The van der Waals surface area contributed by atoms with Gasteiger partial charge in [-0.1, -0.05) is 11.6 Å². The topological polar surface area (TPSA) is 80.5 Å². The van der Waals surface area contributed by atoms with Crippen molar-refractivity contribution in [1.82, 2.24) is 14.5 Å². The third-order valence-corrected chi connectivity index (χ3v) is 2.42. The summed E-state index contributed by atoms with van der Waals surface area (Å²) in [6.45, 7) is 0.382. The molecule has 0 amide bonds. The summed E-state index contributed by atoms with van der Waals surface area (Å²) < 4.78 is 1.66. The molecule has 0 aliphatic carbocycles. The fraction of sp³-hybridized carbons (Fsp3) is 0.100. The predicted molar refractivity (Wildman–Crippen MR) is 59.7 cm³/mol. The molecule has 0 fully saturated rings. The number of halogens is 1. The third kappa shape index (κ3) is 1.97. The van der Waals surface area contributed by atoms with Crippen LogP contribution in [-0.2, 0) is 6.54 Å². The Morgan fingerprint density at radius 3 is 3.06 bits per heavy atom. The van der Waals surface area contributed by atoms with E-state index in [4.69, 9.17) is 22.6 Å². The normalized spacial score (nSPS) is 10.0. The minimum atomic E-state index is 0.320. The van der Waals surface area contributed by atoms with Crippen molar-refractivity contribution in [2.24, 2.45) is 0 Å². The van der Waals surface area contributed by atoms with Crippen LogP contribution in [0.15, 0.2) is 24.5 Å². The minimum absolute atomic E-state index is 0.320. The summed E-state index contributed by atoms with van der Waals surface area (Å²) in [5.74, 6) is 0.721. The fourth-order valence-corrected chi connectivity index (χ4v) is 1.49. The van der Waals surface area contributed by atoms with Gasteiger partial charge in [0.25, 0.3) is 0 Å². The molecule has 2 N–H and O–H groups in total. The van der Waals surface area contributed by atoms with Crippen molar-refractivity contribution in [2.75, 3.05) is 5.73 Å². The average molecular weight is 234 g/mol. The Hall–Kier alpha value is -2.06. The number of anilines is 1. The molecule has 2 aromatic heterocycles. The van der Waals surface area contributed by atoms with Crippen LogP contribution in [0.5, 0.6) is 0 Å². The second-order valence-corrected chi connectivity index (χ2v) is 3.56. The van der Waals surface area contributed by atoms with Crippen LogP contribution < -0.4 is 5.73 Å². The molecule has 2 rings (SSSR count). The van der Waals surface area contributed by atoms with Gasteiger partial charge in [-0.05, 0) is 12.1 Å². The maximum Gasteiger partial charge on any atom is 0.213 e. The van der Waals surface area contributed by atoms with Gasteiger partial charge in [-0.15, -0.1) is 0 Å². The van der Waals surface area contributed by atoms with Gasteiger partial charge >= 0.3 is 0 Å². The van der Waals surface area contributed by atoms with Crippen LogP contribution in [0, 0.1) is 11.3 Å². The highest BCUT2D eigenvalue weighted by Gasteiger charge is 2.07. The largest absolute Gasteiger partial charge is 0.384 e. The second kappa shape index (κ2) is 4.21. The Kier molecular flexibility index (Phi) is 2.75. The maximum absolute atomic E-state index is 8.80. The molecule has 0 bridgehead atoms. The van der Waals surface area contributed by atoms with Crippen molar-refractivity contribution in [1.29, 1.82) is 5.26 Å². The summed E-state index contributed by atoms with van der Waals surface area (Å²) in [6.07, 6.45) is 3.25. The lowest BCUT2D eigenvalue weighted by Crippen LogP contribution is -2.05. The zero-order valence-corrected chi connectivity index (χ0v) is 9.02. The Labute approximate surface area is 97.1 Å². The van der Waals surface area contributed by atoms with Crippen LogP contribution in [0.25, 0.3) is 0 Å². The molecule has 0 aliphatic heterocycles. The van der Waals surface area contributed by atoms with Crippen molar-refractivity contribution in [3.63, 3.8) is 0 Å². The van der Waals surface area contributed by atoms with E-state index >= 15 is 0 Å². The number of nitrogens with zero attached hydrogens (tertiary/aromatic N) is 4. The van der Waals surface area contributed by atoms with Crippen molar-refractivity contribution >= 4 is 17.4 Å². The molecular weight excluding hydrogens is 226 g/mol. The molecule has 0 atom stereocenters. The van der Waals surface area contributed by atoms with E-state index in [0.717, 1.165) is 0 Å². The molecule has 5 nitrogen and oxygen atoms in total. The highest BCUT2D eigenvalue weighted by Crippen LogP contribution is 2.16. The van der Waals surface area contributed by atoms with Gasteiger partial charge in [-0.25, -0.2) is 9.97 Å². The quantitative estimate of drug-likeness (QED) is 0.851. The fourth-order valence-electron chi connectivity index (χ4n) is 1.32. The van der Waals surface area contributed by atoms with Crippen molar-refractivity contribution < 1.29 is 0 Å². The molecule has 0 unspecified atom stereocenters. The van der Waals surface area contributed by atoms with E-state index in [2.05, 4.69) is 9.97 Å². The number of pyridine rings is 1. The SMILES string of the molecule is N#Cc1nccn1Cc1nc(N)ccc1Cl. The van der Waals surface area contributed by atoms with Gasteiger partial charge in [0.1, 0.15) is 11.9 Å². The molecule has 0 aliphatic rings.